The van der Waals surface area contributed by atoms with E-state index < -0.39 is 0 Å². The molecule has 0 atom stereocenters. The van der Waals surface area contributed by atoms with Gasteiger partial charge in [-0.15, -0.1) is 0 Å². The number of ether oxygens (including phenoxy) is 1. The lowest BCUT2D eigenvalue weighted by Crippen LogP contribution is -2.34. The maximum Gasteiger partial charge on any atom is 0.258 e. The van der Waals surface area contributed by atoms with Crippen LogP contribution in [0.2, 0.25) is 0 Å². The van der Waals surface area contributed by atoms with Gasteiger partial charge in [-0.1, -0.05) is 25.1 Å². The Balaban J connectivity index is 1.57. The lowest BCUT2D eigenvalue weighted by molar-refractivity contribution is 0.0973. The zero-order valence-electron chi connectivity index (χ0n) is 18.7. The molecule has 0 aliphatic rings. The number of carbonyl (C=O) groups is 2. The van der Waals surface area contributed by atoms with Crippen LogP contribution in [0.4, 0.5) is 11.4 Å². The fourth-order valence-electron chi connectivity index (χ4n) is 3.16. The van der Waals surface area contributed by atoms with Crippen molar-refractivity contribution in [1.82, 2.24) is 5.32 Å². The topological polar surface area (TPSA) is 70.7 Å². The van der Waals surface area contributed by atoms with Gasteiger partial charge in [0.1, 0.15) is 5.75 Å². The lowest BCUT2D eigenvalue weighted by atomic mass is 10.1. The second kappa shape index (κ2) is 11.8. The Morgan fingerprint density at radius 3 is 2.12 bits per heavy atom. The number of para-hydroxylation sites is 1. The standard InChI is InChI=1S/C26H27N3O3S/c1-3-18-32-23-16-12-19(13-17-23)24(30)28-26(33)27-21-14-10-20(11-15-21)25(31)29(4-2)22-8-6-5-7-9-22/h5-17H,3-4,18H2,1-2H3,(H2,27,28,30,33). The number of rotatable bonds is 8. The summed E-state index contributed by atoms with van der Waals surface area (Å²) >= 11 is 5.26. The van der Waals surface area contributed by atoms with Gasteiger partial charge in [-0.05, 0) is 86.2 Å². The van der Waals surface area contributed by atoms with Crippen molar-refractivity contribution < 1.29 is 14.3 Å². The minimum Gasteiger partial charge on any atom is -0.494 e. The van der Waals surface area contributed by atoms with E-state index in [2.05, 4.69) is 10.6 Å². The Labute approximate surface area is 199 Å². The second-order valence-electron chi connectivity index (χ2n) is 7.24. The van der Waals surface area contributed by atoms with Crippen LogP contribution in [-0.2, 0) is 0 Å². The number of hydrogen-bond acceptors (Lipinski definition) is 4. The number of nitrogens with zero attached hydrogens (tertiary/aromatic N) is 1. The van der Waals surface area contributed by atoms with Crippen molar-refractivity contribution in [1.29, 1.82) is 0 Å². The van der Waals surface area contributed by atoms with Crippen LogP contribution in [0.15, 0.2) is 78.9 Å². The van der Waals surface area contributed by atoms with Crippen molar-refractivity contribution >= 4 is 40.5 Å². The molecule has 0 aliphatic carbocycles. The Bertz CT molecular complexity index is 1080. The van der Waals surface area contributed by atoms with E-state index in [0.717, 1.165) is 17.9 Å². The molecular weight excluding hydrogens is 434 g/mol. The third kappa shape index (κ3) is 6.63. The molecule has 0 spiro atoms. The van der Waals surface area contributed by atoms with Gasteiger partial charge in [-0.3, -0.25) is 14.9 Å². The number of amides is 2. The number of benzene rings is 3. The first-order chi connectivity index (χ1) is 16.0. The SMILES string of the molecule is CCCOc1ccc(C(=O)NC(=S)Nc2ccc(C(=O)N(CC)c3ccccc3)cc2)cc1. The van der Waals surface area contributed by atoms with Crippen LogP contribution in [0, 0.1) is 0 Å². The molecule has 6 nitrogen and oxygen atoms in total. The fraction of sp³-hybridized carbons (Fsp3) is 0.192. The molecule has 0 aromatic heterocycles. The van der Waals surface area contributed by atoms with Gasteiger partial charge >= 0.3 is 0 Å². The van der Waals surface area contributed by atoms with Crippen LogP contribution in [0.25, 0.3) is 0 Å². The number of thiocarbonyl (C=S) groups is 1. The molecule has 3 aromatic rings. The summed E-state index contributed by atoms with van der Waals surface area (Å²) in [6, 6.07) is 23.4. The Hall–Kier alpha value is -3.71. The monoisotopic (exact) mass is 461 g/mol. The van der Waals surface area contributed by atoms with Crippen molar-refractivity contribution in [2.75, 3.05) is 23.4 Å². The van der Waals surface area contributed by atoms with Gasteiger partial charge in [-0.2, -0.15) is 0 Å². The highest BCUT2D eigenvalue weighted by Crippen LogP contribution is 2.18. The van der Waals surface area contributed by atoms with Crippen molar-refractivity contribution in [2.24, 2.45) is 0 Å². The molecule has 0 saturated carbocycles. The summed E-state index contributed by atoms with van der Waals surface area (Å²) in [5.74, 6) is 0.318. The number of carbonyl (C=O) groups excluding carboxylic acids is 2. The summed E-state index contributed by atoms with van der Waals surface area (Å²) in [4.78, 5) is 27.0. The van der Waals surface area contributed by atoms with E-state index in [1.165, 1.54) is 0 Å². The van der Waals surface area contributed by atoms with Gasteiger partial charge in [0.15, 0.2) is 5.11 Å². The molecule has 2 N–H and O–H groups in total. The van der Waals surface area contributed by atoms with E-state index in [0.29, 0.717) is 30.0 Å². The van der Waals surface area contributed by atoms with E-state index in [9.17, 15) is 9.59 Å². The molecule has 7 heteroatoms. The van der Waals surface area contributed by atoms with Crippen LogP contribution in [-0.4, -0.2) is 30.1 Å². The third-order valence-electron chi connectivity index (χ3n) is 4.84. The van der Waals surface area contributed by atoms with Gasteiger partial charge in [0.05, 0.1) is 6.61 Å². The Kier molecular flexibility index (Phi) is 8.55. The molecule has 0 fully saturated rings. The van der Waals surface area contributed by atoms with Gasteiger partial charge < -0.3 is 15.0 Å². The lowest BCUT2D eigenvalue weighted by Gasteiger charge is -2.21. The highest BCUT2D eigenvalue weighted by atomic mass is 32.1. The van der Waals surface area contributed by atoms with Crippen LogP contribution in [0.5, 0.6) is 5.75 Å². The van der Waals surface area contributed by atoms with E-state index in [4.69, 9.17) is 17.0 Å². The second-order valence-corrected chi connectivity index (χ2v) is 7.65. The fourth-order valence-corrected chi connectivity index (χ4v) is 3.37. The average molecular weight is 462 g/mol. The molecule has 3 rings (SSSR count). The van der Waals surface area contributed by atoms with Gasteiger partial charge in [0, 0.05) is 29.0 Å². The minimum absolute atomic E-state index is 0.0857. The van der Waals surface area contributed by atoms with Crippen molar-refractivity contribution in [2.45, 2.75) is 20.3 Å². The molecular formula is C26H27N3O3S. The molecule has 0 heterocycles. The quantitative estimate of drug-likeness (QED) is 0.447. The van der Waals surface area contributed by atoms with E-state index >= 15 is 0 Å². The maximum atomic E-state index is 12.9. The predicted octanol–water partition coefficient (Wildman–Crippen LogP) is 5.27. The summed E-state index contributed by atoms with van der Waals surface area (Å²) in [6.45, 7) is 5.16. The zero-order valence-corrected chi connectivity index (χ0v) is 19.5. The molecule has 0 radical (unpaired) electrons. The van der Waals surface area contributed by atoms with Gasteiger partial charge in [0.2, 0.25) is 0 Å². The van der Waals surface area contributed by atoms with E-state index in [1.807, 2.05) is 44.2 Å². The van der Waals surface area contributed by atoms with E-state index in [-0.39, 0.29) is 16.9 Å². The largest absolute Gasteiger partial charge is 0.494 e. The first-order valence-corrected chi connectivity index (χ1v) is 11.2. The molecule has 33 heavy (non-hydrogen) atoms. The highest BCUT2D eigenvalue weighted by molar-refractivity contribution is 7.80. The van der Waals surface area contributed by atoms with Gasteiger partial charge in [0.25, 0.3) is 11.8 Å². The summed E-state index contributed by atoms with van der Waals surface area (Å²) in [5.41, 5.74) is 2.56. The molecule has 0 saturated heterocycles. The van der Waals surface area contributed by atoms with Crippen molar-refractivity contribution in [3.05, 3.63) is 90.0 Å². The molecule has 0 aliphatic heterocycles. The first kappa shape index (κ1) is 23.9. The summed E-state index contributed by atoms with van der Waals surface area (Å²) in [5, 5.41) is 5.80. The number of anilines is 2. The number of nitrogens with one attached hydrogen (secondary N) is 2. The predicted molar refractivity (Wildman–Crippen MR) is 136 cm³/mol. The summed E-state index contributed by atoms with van der Waals surface area (Å²) < 4.78 is 5.53. The smallest absolute Gasteiger partial charge is 0.258 e. The van der Waals surface area contributed by atoms with E-state index in [1.54, 1.807) is 53.4 Å². The van der Waals surface area contributed by atoms with Gasteiger partial charge in [-0.25, -0.2) is 0 Å². The Morgan fingerprint density at radius 1 is 0.879 bits per heavy atom. The highest BCUT2D eigenvalue weighted by Gasteiger charge is 2.16. The molecule has 0 unspecified atom stereocenters. The average Bonchev–Trinajstić information content (AvgIpc) is 2.84. The molecule has 3 aromatic carbocycles. The van der Waals surface area contributed by atoms with Crippen molar-refractivity contribution in [3.8, 4) is 5.75 Å². The normalized spacial score (nSPS) is 10.2. The summed E-state index contributed by atoms with van der Waals surface area (Å²) in [6.07, 6.45) is 0.918. The summed E-state index contributed by atoms with van der Waals surface area (Å²) in [7, 11) is 0. The molecule has 2 amide bonds. The van der Waals surface area contributed by atoms with Crippen molar-refractivity contribution in [3.63, 3.8) is 0 Å². The van der Waals surface area contributed by atoms with Crippen LogP contribution in [0.3, 0.4) is 0 Å². The van der Waals surface area contributed by atoms with Crippen LogP contribution in [0.1, 0.15) is 41.0 Å². The van der Waals surface area contributed by atoms with Crippen LogP contribution < -0.4 is 20.3 Å². The minimum atomic E-state index is -0.317. The molecule has 170 valence electrons. The maximum absolute atomic E-state index is 12.9. The molecule has 0 bridgehead atoms. The zero-order chi connectivity index (χ0) is 23.6. The first-order valence-electron chi connectivity index (χ1n) is 10.8. The number of hydrogen-bond donors (Lipinski definition) is 2. The van der Waals surface area contributed by atoms with Crippen LogP contribution >= 0.6 is 12.2 Å². The third-order valence-corrected chi connectivity index (χ3v) is 5.04. The Morgan fingerprint density at radius 2 is 1.52 bits per heavy atom.